The van der Waals surface area contributed by atoms with E-state index in [9.17, 15) is 13.5 Å². The van der Waals surface area contributed by atoms with Crippen molar-refractivity contribution >= 4 is 32.0 Å². The summed E-state index contributed by atoms with van der Waals surface area (Å²) >= 11 is 0. The van der Waals surface area contributed by atoms with Crippen LogP contribution in [0.1, 0.15) is 30.6 Å². The predicted molar refractivity (Wildman–Crippen MR) is 144 cm³/mol. The van der Waals surface area contributed by atoms with Crippen molar-refractivity contribution in [2.75, 3.05) is 14.2 Å². The molecule has 3 heterocycles. The van der Waals surface area contributed by atoms with Crippen LogP contribution in [0.5, 0.6) is 11.5 Å². The summed E-state index contributed by atoms with van der Waals surface area (Å²) in [4.78, 5) is 4.64. The number of fused-ring (bicyclic) bond motifs is 2. The number of aromatic nitrogens is 3. The maximum atomic E-state index is 14.1. The van der Waals surface area contributed by atoms with Gasteiger partial charge in [-0.15, -0.1) is 0 Å². The maximum absolute atomic E-state index is 14.1. The summed E-state index contributed by atoms with van der Waals surface area (Å²) in [6.45, 7) is 3.78. The number of nitrogens with zero attached hydrogens (tertiary/aromatic N) is 3. The fourth-order valence-electron chi connectivity index (χ4n) is 4.76. The molecule has 8 nitrogen and oxygen atoms in total. The Kier molecular flexibility index (Phi) is 6.21. The Balaban J connectivity index is 1.90. The van der Waals surface area contributed by atoms with Gasteiger partial charge in [-0.3, -0.25) is 0 Å². The third-order valence-electron chi connectivity index (χ3n) is 6.77. The van der Waals surface area contributed by atoms with Crippen LogP contribution < -0.4 is 9.47 Å². The van der Waals surface area contributed by atoms with Gasteiger partial charge in [-0.25, -0.2) is 17.4 Å². The van der Waals surface area contributed by atoms with Gasteiger partial charge < -0.3 is 19.1 Å². The van der Waals surface area contributed by atoms with Crippen LogP contribution in [0.2, 0.25) is 0 Å². The molecule has 1 atom stereocenters. The van der Waals surface area contributed by atoms with Crippen molar-refractivity contribution < 1.29 is 23.0 Å². The zero-order chi connectivity index (χ0) is 26.5. The average molecular weight is 520 g/mol. The second-order valence-electron chi connectivity index (χ2n) is 9.05. The molecule has 192 valence electrons. The van der Waals surface area contributed by atoms with Crippen molar-refractivity contribution in [1.82, 2.24) is 13.5 Å². The van der Waals surface area contributed by atoms with E-state index < -0.39 is 16.1 Å². The van der Waals surface area contributed by atoms with Gasteiger partial charge in [0.1, 0.15) is 0 Å². The van der Waals surface area contributed by atoms with Gasteiger partial charge in [0.25, 0.3) is 10.0 Å². The van der Waals surface area contributed by atoms with Crippen LogP contribution in [-0.2, 0) is 17.1 Å². The van der Waals surface area contributed by atoms with Crippen molar-refractivity contribution in [2.45, 2.75) is 31.3 Å². The number of aliphatic hydroxyl groups is 1. The molecule has 0 aliphatic rings. The average Bonchev–Trinajstić information content (AvgIpc) is 3.45. The van der Waals surface area contributed by atoms with E-state index in [1.54, 1.807) is 56.8 Å². The maximum Gasteiger partial charge on any atom is 0.269 e. The molecule has 0 radical (unpaired) electrons. The van der Waals surface area contributed by atoms with Crippen LogP contribution in [0.25, 0.3) is 33.2 Å². The molecule has 37 heavy (non-hydrogen) atoms. The van der Waals surface area contributed by atoms with Crippen LogP contribution in [0, 0.1) is 6.92 Å². The molecule has 0 saturated carbocycles. The van der Waals surface area contributed by atoms with Crippen molar-refractivity contribution in [3.8, 4) is 22.8 Å². The number of rotatable bonds is 7. The summed E-state index contributed by atoms with van der Waals surface area (Å²) in [5.41, 5.74) is 3.82. The summed E-state index contributed by atoms with van der Waals surface area (Å²) in [7, 11) is 0.983. The lowest BCUT2D eigenvalue weighted by atomic mass is 10.0. The number of aryl methyl sites for hydroxylation is 2. The molecule has 0 bridgehead atoms. The van der Waals surface area contributed by atoms with Gasteiger partial charge in [0, 0.05) is 41.8 Å². The highest BCUT2D eigenvalue weighted by molar-refractivity contribution is 7.90. The molecule has 2 aromatic carbocycles. The second-order valence-corrected chi connectivity index (χ2v) is 10.8. The van der Waals surface area contributed by atoms with E-state index >= 15 is 0 Å². The van der Waals surface area contributed by atoms with Crippen LogP contribution in [0.3, 0.4) is 0 Å². The molecule has 9 heteroatoms. The summed E-state index contributed by atoms with van der Waals surface area (Å²) in [6.07, 6.45) is 3.15. The highest BCUT2D eigenvalue weighted by Crippen LogP contribution is 2.41. The van der Waals surface area contributed by atoms with Gasteiger partial charge in [0.05, 0.1) is 36.4 Å². The fourth-order valence-corrected chi connectivity index (χ4v) is 6.24. The molecule has 0 saturated heterocycles. The Morgan fingerprint density at radius 2 is 1.68 bits per heavy atom. The number of hydrogen-bond donors (Lipinski definition) is 1. The van der Waals surface area contributed by atoms with Crippen LogP contribution in [-0.4, -0.2) is 41.3 Å². The lowest BCUT2D eigenvalue weighted by Crippen LogP contribution is -2.15. The summed E-state index contributed by atoms with van der Waals surface area (Å²) < 4.78 is 42.5. The summed E-state index contributed by atoms with van der Waals surface area (Å²) in [5.74, 6) is 1.11. The van der Waals surface area contributed by atoms with Gasteiger partial charge in [0.15, 0.2) is 17.1 Å². The third-order valence-corrected chi connectivity index (χ3v) is 8.49. The Bertz CT molecular complexity index is 1730. The van der Waals surface area contributed by atoms with E-state index in [1.807, 2.05) is 43.8 Å². The SMILES string of the molecule is CCC(O)c1ccnc2c1cc(-c1cn(C)c3cc(OC)c(OC)cc13)n2S(=O)(=O)c1ccc(C)cc1. The first-order valence-electron chi connectivity index (χ1n) is 11.9. The first-order valence-corrected chi connectivity index (χ1v) is 13.4. The molecular weight excluding hydrogens is 490 g/mol. The smallest absolute Gasteiger partial charge is 0.269 e. The standard InChI is InChI=1S/C28H29N3O5S/c1-6-25(32)19-11-12-29-28-21(19)13-24(31(28)37(33,34)18-9-7-17(2)8-10-18)22-16-30(3)23-15-27(36-5)26(35-4)14-20(22)23/h7-16,25,32H,6H2,1-5H3. The molecule has 0 fully saturated rings. The van der Waals surface area contributed by atoms with Crippen molar-refractivity contribution in [3.05, 3.63) is 72.1 Å². The third kappa shape index (κ3) is 3.95. The van der Waals surface area contributed by atoms with Crippen molar-refractivity contribution in [3.63, 3.8) is 0 Å². The van der Waals surface area contributed by atoms with Gasteiger partial charge >= 0.3 is 0 Å². The fraction of sp³-hybridized carbons (Fsp3) is 0.250. The number of benzene rings is 2. The number of aliphatic hydroxyl groups excluding tert-OH is 1. The minimum Gasteiger partial charge on any atom is -0.493 e. The molecular formula is C28H29N3O5S. The highest BCUT2D eigenvalue weighted by atomic mass is 32.2. The normalized spacial score (nSPS) is 12.8. The minimum atomic E-state index is -4.05. The number of ether oxygens (including phenoxy) is 2. The zero-order valence-electron chi connectivity index (χ0n) is 21.4. The van der Waals surface area contributed by atoms with Gasteiger partial charge in [-0.05, 0) is 49.2 Å². The van der Waals surface area contributed by atoms with Gasteiger partial charge in [-0.2, -0.15) is 0 Å². The Morgan fingerprint density at radius 3 is 2.32 bits per heavy atom. The highest BCUT2D eigenvalue weighted by Gasteiger charge is 2.28. The molecule has 5 rings (SSSR count). The van der Waals surface area contributed by atoms with E-state index in [1.165, 1.54) is 3.97 Å². The monoisotopic (exact) mass is 519 g/mol. The molecule has 1 unspecified atom stereocenters. The molecule has 0 aliphatic heterocycles. The molecule has 3 aromatic heterocycles. The number of methoxy groups -OCH3 is 2. The Labute approximate surface area is 215 Å². The van der Waals surface area contributed by atoms with Crippen LogP contribution in [0.4, 0.5) is 0 Å². The van der Waals surface area contributed by atoms with E-state index in [0.29, 0.717) is 40.1 Å². The van der Waals surface area contributed by atoms with E-state index in [-0.39, 0.29) is 10.5 Å². The van der Waals surface area contributed by atoms with Crippen LogP contribution >= 0.6 is 0 Å². The first-order chi connectivity index (χ1) is 17.7. The van der Waals surface area contributed by atoms with Crippen molar-refractivity contribution in [1.29, 1.82) is 0 Å². The molecule has 1 N–H and O–H groups in total. The lowest BCUT2D eigenvalue weighted by molar-refractivity contribution is 0.175. The number of pyridine rings is 1. The van der Waals surface area contributed by atoms with E-state index in [2.05, 4.69) is 4.98 Å². The lowest BCUT2D eigenvalue weighted by Gasteiger charge is -2.13. The van der Waals surface area contributed by atoms with E-state index in [4.69, 9.17) is 9.47 Å². The van der Waals surface area contributed by atoms with Crippen LogP contribution in [0.15, 0.2) is 65.8 Å². The Hall–Kier alpha value is -3.82. The number of hydrogen-bond acceptors (Lipinski definition) is 6. The van der Waals surface area contributed by atoms with Crippen molar-refractivity contribution in [2.24, 2.45) is 7.05 Å². The summed E-state index contributed by atoms with van der Waals surface area (Å²) in [5, 5.41) is 12.1. The minimum absolute atomic E-state index is 0.152. The van der Waals surface area contributed by atoms with Gasteiger partial charge in [-0.1, -0.05) is 24.6 Å². The molecule has 5 aromatic rings. The molecule has 0 aliphatic carbocycles. The topological polar surface area (TPSA) is 95.6 Å². The predicted octanol–water partition coefficient (Wildman–Crippen LogP) is 5.20. The second kappa shape index (κ2) is 9.24. The largest absolute Gasteiger partial charge is 0.493 e. The van der Waals surface area contributed by atoms with E-state index in [0.717, 1.165) is 16.5 Å². The summed E-state index contributed by atoms with van der Waals surface area (Å²) in [6, 6.07) is 14.0. The Morgan fingerprint density at radius 1 is 1.00 bits per heavy atom. The van der Waals surface area contributed by atoms with Gasteiger partial charge in [0.2, 0.25) is 0 Å². The molecule has 0 amide bonds. The quantitative estimate of drug-likeness (QED) is 0.318. The first kappa shape index (κ1) is 24.9. The zero-order valence-corrected chi connectivity index (χ0v) is 22.2. The molecule has 0 spiro atoms.